The number of sulfonamides is 1. The Morgan fingerprint density at radius 3 is 2.29 bits per heavy atom. The van der Waals surface area contributed by atoms with Gasteiger partial charge in [0.1, 0.15) is 5.69 Å². The molecule has 0 aromatic heterocycles. The summed E-state index contributed by atoms with van der Waals surface area (Å²) < 4.78 is 24.8. The van der Waals surface area contributed by atoms with Gasteiger partial charge in [-0.2, -0.15) is 4.31 Å². The molecule has 0 bridgehead atoms. The van der Waals surface area contributed by atoms with Crippen LogP contribution in [0.25, 0.3) is 0 Å². The molecular formula is C19H24N4O4S. The lowest BCUT2D eigenvalue weighted by molar-refractivity contribution is -0.384. The molecule has 1 heterocycles. The van der Waals surface area contributed by atoms with E-state index in [0.29, 0.717) is 31.9 Å². The highest BCUT2D eigenvalue weighted by atomic mass is 32.2. The third-order valence-corrected chi connectivity index (χ3v) is 6.22. The number of benzene rings is 2. The number of piperazine rings is 1. The van der Waals surface area contributed by atoms with Gasteiger partial charge in [-0.25, -0.2) is 8.42 Å². The fraction of sp³-hybridized carbons (Fsp3) is 0.368. The molecule has 1 aliphatic heterocycles. The molecule has 0 radical (unpaired) electrons. The van der Waals surface area contributed by atoms with Crippen LogP contribution in [0.1, 0.15) is 18.5 Å². The van der Waals surface area contributed by atoms with Gasteiger partial charge in [0.15, 0.2) is 0 Å². The Hall–Kier alpha value is -2.65. The van der Waals surface area contributed by atoms with Crippen molar-refractivity contribution in [2.75, 3.05) is 42.7 Å². The van der Waals surface area contributed by atoms with Crippen LogP contribution in [0.2, 0.25) is 0 Å². The van der Waals surface area contributed by atoms with Crippen LogP contribution in [-0.2, 0) is 10.0 Å². The van der Waals surface area contributed by atoms with Crippen LogP contribution in [0.15, 0.2) is 48.5 Å². The number of nitrogens with zero attached hydrogens (tertiary/aromatic N) is 3. The molecule has 3 rings (SSSR count). The number of nitrogens with one attached hydrogen (secondary N) is 1. The van der Waals surface area contributed by atoms with Crippen molar-refractivity contribution >= 4 is 27.1 Å². The quantitative estimate of drug-likeness (QED) is 0.588. The normalized spacial score (nSPS) is 16.6. The van der Waals surface area contributed by atoms with Gasteiger partial charge in [0.05, 0.1) is 11.2 Å². The fourth-order valence-corrected chi connectivity index (χ4v) is 4.16. The van der Waals surface area contributed by atoms with Crippen LogP contribution in [0.3, 0.4) is 0 Å². The first-order chi connectivity index (χ1) is 13.3. The fourth-order valence-electron chi connectivity index (χ4n) is 3.33. The van der Waals surface area contributed by atoms with Crippen LogP contribution in [0.5, 0.6) is 0 Å². The van der Waals surface area contributed by atoms with Crippen LogP contribution >= 0.6 is 0 Å². The number of anilines is 2. The van der Waals surface area contributed by atoms with E-state index in [1.54, 1.807) is 12.1 Å². The molecule has 1 atom stereocenters. The van der Waals surface area contributed by atoms with Crippen molar-refractivity contribution in [2.24, 2.45) is 0 Å². The van der Waals surface area contributed by atoms with Crippen LogP contribution in [0.4, 0.5) is 17.1 Å². The summed E-state index contributed by atoms with van der Waals surface area (Å²) in [6, 6.07) is 14.6. The molecule has 1 fully saturated rings. The van der Waals surface area contributed by atoms with Gasteiger partial charge in [-0.05, 0) is 24.6 Å². The highest BCUT2D eigenvalue weighted by Crippen LogP contribution is 2.32. The van der Waals surface area contributed by atoms with Crippen molar-refractivity contribution in [3.8, 4) is 0 Å². The Kier molecular flexibility index (Phi) is 5.85. The Bertz CT molecular complexity index is 942. The van der Waals surface area contributed by atoms with E-state index < -0.39 is 14.9 Å². The summed E-state index contributed by atoms with van der Waals surface area (Å²) in [5.41, 5.74) is 2.33. The SMILES string of the molecule is C[C@@H](Nc1cc(N2CCN(S(C)(=O)=O)CC2)ccc1[N+](=O)[O-])c1ccccc1. The van der Waals surface area contributed by atoms with Crippen LogP contribution in [-0.4, -0.2) is 50.1 Å². The first-order valence-corrected chi connectivity index (χ1v) is 10.9. The largest absolute Gasteiger partial charge is 0.373 e. The number of rotatable bonds is 6. The molecule has 0 saturated carbocycles. The maximum atomic E-state index is 11.7. The maximum Gasteiger partial charge on any atom is 0.292 e. The summed E-state index contributed by atoms with van der Waals surface area (Å²) in [4.78, 5) is 13.1. The first kappa shape index (κ1) is 20.1. The van der Waals surface area contributed by atoms with E-state index in [2.05, 4.69) is 5.32 Å². The second-order valence-electron chi connectivity index (χ2n) is 6.88. The van der Waals surface area contributed by atoms with E-state index in [1.807, 2.05) is 42.2 Å². The monoisotopic (exact) mass is 404 g/mol. The lowest BCUT2D eigenvalue weighted by Crippen LogP contribution is -2.48. The molecule has 8 nitrogen and oxygen atoms in total. The summed E-state index contributed by atoms with van der Waals surface area (Å²) in [5, 5.41) is 14.7. The van der Waals surface area contributed by atoms with Gasteiger partial charge in [0.2, 0.25) is 10.0 Å². The van der Waals surface area contributed by atoms with E-state index in [1.165, 1.54) is 16.6 Å². The van der Waals surface area contributed by atoms with E-state index >= 15 is 0 Å². The van der Waals surface area contributed by atoms with Crippen molar-refractivity contribution in [1.82, 2.24) is 4.31 Å². The molecule has 1 N–H and O–H groups in total. The van der Waals surface area contributed by atoms with Gasteiger partial charge in [0, 0.05) is 44.0 Å². The topological polar surface area (TPSA) is 95.8 Å². The third-order valence-electron chi connectivity index (χ3n) is 4.92. The van der Waals surface area contributed by atoms with Crippen LogP contribution < -0.4 is 10.2 Å². The molecular weight excluding hydrogens is 380 g/mol. The van der Waals surface area contributed by atoms with Gasteiger partial charge in [-0.15, -0.1) is 0 Å². The Labute approximate surface area is 165 Å². The average molecular weight is 404 g/mol. The second kappa shape index (κ2) is 8.15. The van der Waals surface area contributed by atoms with Gasteiger partial charge >= 0.3 is 0 Å². The van der Waals surface area contributed by atoms with Crippen molar-refractivity contribution in [1.29, 1.82) is 0 Å². The Morgan fingerprint density at radius 2 is 1.71 bits per heavy atom. The van der Waals surface area contributed by atoms with E-state index in [4.69, 9.17) is 0 Å². The number of nitro benzene ring substituents is 1. The average Bonchev–Trinajstić information content (AvgIpc) is 2.68. The molecule has 1 aliphatic rings. The minimum atomic E-state index is -3.20. The molecule has 0 aliphatic carbocycles. The van der Waals surface area contributed by atoms with Crippen LogP contribution in [0, 0.1) is 10.1 Å². The molecule has 9 heteroatoms. The summed E-state index contributed by atoms with van der Waals surface area (Å²) in [6.45, 7) is 3.84. The zero-order chi connectivity index (χ0) is 20.3. The van der Waals surface area contributed by atoms with Crippen molar-refractivity contribution in [3.63, 3.8) is 0 Å². The molecule has 0 spiro atoms. The third kappa shape index (κ3) is 4.60. The van der Waals surface area contributed by atoms with Gasteiger partial charge in [-0.3, -0.25) is 10.1 Å². The molecule has 2 aromatic carbocycles. The van der Waals surface area contributed by atoms with Crippen molar-refractivity contribution < 1.29 is 13.3 Å². The van der Waals surface area contributed by atoms with Crippen molar-refractivity contribution in [3.05, 3.63) is 64.2 Å². The predicted molar refractivity (Wildman–Crippen MR) is 110 cm³/mol. The summed E-state index contributed by atoms with van der Waals surface area (Å²) in [6.07, 6.45) is 1.21. The highest BCUT2D eigenvalue weighted by Gasteiger charge is 2.25. The zero-order valence-electron chi connectivity index (χ0n) is 15.9. The van der Waals surface area contributed by atoms with E-state index in [0.717, 1.165) is 11.3 Å². The summed E-state index contributed by atoms with van der Waals surface area (Å²) >= 11 is 0. The highest BCUT2D eigenvalue weighted by molar-refractivity contribution is 7.88. The van der Waals surface area contributed by atoms with Gasteiger partial charge in [-0.1, -0.05) is 30.3 Å². The smallest absolute Gasteiger partial charge is 0.292 e. The Morgan fingerprint density at radius 1 is 1.07 bits per heavy atom. The summed E-state index contributed by atoms with van der Waals surface area (Å²) in [7, 11) is -3.20. The minimum Gasteiger partial charge on any atom is -0.373 e. The Balaban J connectivity index is 1.81. The molecule has 28 heavy (non-hydrogen) atoms. The molecule has 0 amide bonds. The predicted octanol–water partition coefficient (Wildman–Crippen LogP) is 2.85. The van der Waals surface area contributed by atoms with E-state index in [9.17, 15) is 18.5 Å². The molecule has 0 unspecified atom stereocenters. The summed E-state index contributed by atoms with van der Waals surface area (Å²) in [5.74, 6) is 0. The molecule has 2 aromatic rings. The standard InChI is InChI=1S/C19H24N4O4S/c1-15(16-6-4-3-5-7-16)20-18-14-17(8-9-19(18)23(24)25)21-10-12-22(13-11-21)28(2,26)27/h3-9,14-15,20H,10-13H2,1-2H3/t15-/m1/s1. The van der Waals surface area contributed by atoms with E-state index in [-0.39, 0.29) is 11.7 Å². The molecule has 1 saturated heterocycles. The number of nitro groups is 1. The zero-order valence-corrected chi connectivity index (χ0v) is 16.7. The van der Waals surface area contributed by atoms with Gasteiger partial charge in [0.25, 0.3) is 5.69 Å². The lowest BCUT2D eigenvalue weighted by atomic mass is 10.1. The van der Waals surface area contributed by atoms with Crippen molar-refractivity contribution in [2.45, 2.75) is 13.0 Å². The maximum absolute atomic E-state index is 11.7. The minimum absolute atomic E-state index is 0.0151. The molecule has 150 valence electrons. The van der Waals surface area contributed by atoms with Gasteiger partial charge < -0.3 is 10.2 Å². The lowest BCUT2D eigenvalue weighted by Gasteiger charge is -2.35. The first-order valence-electron chi connectivity index (χ1n) is 9.05. The number of hydrogen-bond donors (Lipinski definition) is 1. The second-order valence-corrected chi connectivity index (χ2v) is 8.87. The number of hydrogen-bond acceptors (Lipinski definition) is 6.